The van der Waals surface area contributed by atoms with Crippen molar-refractivity contribution in [1.29, 1.82) is 0 Å². The predicted molar refractivity (Wildman–Crippen MR) is 131 cm³/mol. The molecule has 0 bridgehead atoms. The Balaban J connectivity index is 1.77. The van der Waals surface area contributed by atoms with Crippen molar-refractivity contribution in [2.24, 2.45) is 0 Å². The molecule has 0 atom stereocenters. The van der Waals surface area contributed by atoms with Crippen LogP contribution in [0.2, 0.25) is 0 Å². The summed E-state index contributed by atoms with van der Waals surface area (Å²) in [6.07, 6.45) is 3.28. The van der Waals surface area contributed by atoms with Crippen LogP contribution < -0.4 is 18.9 Å². The van der Waals surface area contributed by atoms with Gasteiger partial charge in [0.2, 0.25) is 0 Å². The largest absolute Gasteiger partial charge is 0.494 e. The lowest BCUT2D eigenvalue weighted by molar-refractivity contribution is 0.104. The van der Waals surface area contributed by atoms with Gasteiger partial charge in [-0.15, -0.1) is 0 Å². The number of carbonyl (C=O) groups is 1. The molecule has 5 heteroatoms. The summed E-state index contributed by atoms with van der Waals surface area (Å²) >= 11 is 0. The van der Waals surface area contributed by atoms with Crippen molar-refractivity contribution < 1.29 is 23.7 Å². The monoisotopic (exact) mass is 446 g/mol. The second-order valence-corrected chi connectivity index (χ2v) is 7.13. The Hall–Kier alpha value is -3.73. The molecule has 33 heavy (non-hydrogen) atoms. The summed E-state index contributed by atoms with van der Waals surface area (Å²) in [7, 11) is 0. The lowest BCUT2D eigenvalue weighted by Gasteiger charge is -2.12. The third-order valence-corrected chi connectivity index (χ3v) is 4.78. The number of rotatable bonds is 12. The Kier molecular flexibility index (Phi) is 8.95. The third kappa shape index (κ3) is 6.88. The van der Waals surface area contributed by atoms with Crippen molar-refractivity contribution in [2.45, 2.75) is 27.4 Å². The number of hydrogen-bond donors (Lipinski definition) is 0. The van der Waals surface area contributed by atoms with Crippen molar-refractivity contribution in [1.82, 2.24) is 0 Å². The molecule has 5 nitrogen and oxygen atoms in total. The van der Waals surface area contributed by atoms with Gasteiger partial charge in [0.15, 0.2) is 5.78 Å². The van der Waals surface area contributed by atoms with Crippen LogP contribution in [0.5, 0.6) is 23.0 Å². The molecular formula is C28H30O5. The molecular weight excluding hydrogens is 416 g/mol. The zero-order valence-electron chi connectivity index (χ0n) is 19.4. The predicted octanol–water partition coefficient (Wildman–Crippen LogP) is 6.36. The maximum atomic E-state index is 13.0. The van der Waals surface area contributed by atoms with E-state index in [1.807, 2.05) is 69.3 Å². The number of ether oxygens (including phenoxy) is 4. The van der Waals surface area contributed by atoms with Gasteiger partial charge in [0.25, 0.3) is 0 Å². The van der Waals surface area contributed by atoms with Crippen LogP contribution in [0, 0.1) is 0 Å². The van der Waals surface area contributed by atoms with Crippen molar-refractivity contribution in [2.75, 3.05) is 19.8 Å². The molecule has 0 unspecified atom stereocenters. The van der Waals surface area contributed by atoms with Crippen molar-refractivity contribution >= 4 is 11.9 Å². The van der Waals surface area contributed by atoms with Crippen LogP contribution in [0.15, 0.2) is 72.8 Å². The first kappa shape index (κ1) is 23.9. The van der Waals surface area contributed by atoms with Gasteiger partial charge in [0.1, 0.15) is 29.6 Å². The van der Waals surface area contributed by atoms with Gasteiger partial charge < -0.3 is 18.9 Å². The molecule has 3 aromatic carbocycles. The minimum absolute atomic E-state index is 0.163. The normalized spacial score (nSPS) is 10.8. The van der Waals surface area contributed by atoms with E-state index in [9.17, 15) is 4.79 Å². The smallest absolute Gasteiger partial charge is 0.189 e. The van der Waals surface area contributed by atoms with E-state index in [0.29, 0.717) is 49.2 Å². The van der Waals surface area contributed by atoms with Crippen molar-refractivity contribution in [3.63, 3.8) is 0 Å². The highest BCUT2D eigenvalue weighted by Crippen LogP contribution is 2.29. The standard InChI is InChI=1S/C28H30O5/c1-4-30-23-14-12-22(27(18-23)31-5-2)13-17-26(29)25-16-15-24(19-28(25)32-6-3)33-20-21-10-8-7-9-11-21/h7-19H,4-6,20H2,1-3H3. The van der Waals surface area contributed by atoms with Crippen LogP contribution in [0.1, 0.15) is 42.3 Å². The molecule has 0 heterocycles. The minimum Gasteiger partial charge on any atom is -0.494 e. The van der Waals surface area contributed by atoms with E-state index in [2.05, 4.69) is 0 Å². The Morgan fingerprint density at radius 1 is 0.727 bits per heavy atom. The first-order chi connectivity index (χ1) is 16.1. The number of ketones is 1. The SMILES string of the molecule is CCOc1ccc(C=CC(=O)c2ccc(OCc3ccccc3)cc2OCC)c(OCC)c1. The highest BCUT2D eigenvalue weighted by molar-refractivity contribution is 6.08. The molecule has 0 saturated carbocycles. The Bertz CT molecular complexity index is 1070. The molecule has 3 aromatic rings. The molecule has 0 N–H and O–H groups in total. The summed E-state index contributed by atoms with van der Waals surface area (Å²) < 4.78 is 22.9. The molecule has 0 saturated heterocycles. The zero-order valence-corrected chi connectivity index (χ0v) is 19.4. The number of allylic oxidation sites excluding steroid dienone is 1. The van der Waals surface area contributed by atoms with E-state index in [4.69, 9.17) is 18.9 Å². The maximum Gasteiger partial charge on any atom is 0.189 e. The average molecular weight is 447 g/mol. The van der Waals surface area contributed by atoms with E-state index in [1.54, 1.807) is 24.3 Å². The maximum absolute atomic E-state index is 13.0. The highest BCUT2D eigenvalue weighted by Gasteiger charge is 2.13. The molecule has 0 amide bonds. The van der Waals surface area contributed by atoms with Gasteiger partial charge >= 0.3 is 0 Å². The molecule has 0 spiro atoms. The molecule has 3 rings (SSSR count). The quantitative estimate of drug-likeness (QED) is 0.239. The summed E-state index contributed by atoms with van der Waals surface area (Å²) in [4.78, 5) is 13.0. The second kappa shape index (κ2) is 12.3. The van der Waals surface area contributed by atoms with Gasteiger partial charge in [0.05, 0.1) is 25.4 Å². The third-order valence-electron chi connectivity index (χ3n) is 4.78. The first-order valence-corrected chi connectivity index (χ1v) is 11.2. The van der Waals surface area contributed by atoms with Gasteiger partial charge in [-0.1, -0.05) is 30.3 Å². The summed E-state index contributed by atoms with van der Waals surface area (Å²) in [6, 6.07) is 20.8. The summed E-state index contributed by atoms with van der Waals surface area (Å²) in [5.41, 5.74) is 2.34. The Labute approximate surface area is 195 Å². The van der Waals surface area contributed by atoms with Gasteiger partial charge in [-0.3, -0.25) is 4.79 Å². The number of carbonyl (C=O) groups excluding carboxylic acids is 1. The van der Waals surface area contributed by atoms with Gasteiger partial charge in [0, 0.05) is 17.7 Å². The van der Waals surface area contributed by atoms with E-state index in [0.717, 1.165) is 16.9 Å². The zero-order chi connectivity index (χ0) is 23.5. The lowest BCUT2D eigenvalue weighted by atomic mass is 10.1. The van der Waals surface area contributed by atoms with E-state index < -0.39 is 0 Å². The van der Waals surface area contributed by atoms with Gasteiger partial charge in [-0.2, -0.15) is 0 Å². The molecule has 0 aromatic heterocycles. The van der Waals surface area contributed by atoms with Crippen LogP contribution in [-0.4, -0.2) is 25.6 Å². The number of hydrogen-bond acceptors (Lipinski definition) is 5. The fourth-order valence-corrected chi connectivity index (χ4v) is 3.26. The second-order valence-electron chi connectivity index (χ2n) is 7.13. The Morgan fingerprint density at radius 2 is 1.36 bits per heavy atom. The fraction of sp³-hybridized carbons (Fsp3) is 0.250. The van der Waals surface area contributed by atoms with Crippen molar-refractivity contribution in [3.8, 4) is 23.0 Å². The summed E-state index contributed by atoms with van der Waals surface area (Å²) in [5.74, 6) is 2.38. The number of benzene rings is 3. The van der Waals surface area contributed by atoms with E-state index >= 15 is 0 Å². The Morgan fingerprint density at radius 3 is 2.09 bits per heavy atom. The van der Waals surface area contributed by atoms with E-state index in [1.165, 1.54) is 6.08 Å². The fourth-order valence-electron chi connectivity index (χ4n) is 3.26. The average Bonchev–Trinajstić information content (AvgIpc) is 2.83. The minimum atomic E-state index is -0.163. The van der Waals surface area contributed by atoms with Crippen LogP contribution in [-0.2, 0) is 6.61 Å². The van der Waals surface area contributed by atoms with Crippen molar-refractivity contribution in [3.05, 3.63) is 89.5 Å². The van der Waals surface area contributed by atoms with Crippen LogP contribution in [0.25, 0.3) is 6.08 Å². The molecule has 0 fully saturated rings. The van der Waals surface area contributed by atoms with Crippen LogP contribution >= 0.6 is 0 Å². The molecule has 172 valence electrons. The van der Waals surface area contributed by atoms with Gasteiger partial charge in [-0.05, 0) is 62.8 Å². The van der Waals surface area contributed by atoms with Crippen LogP contribution in [0.3, 0.4) is 0 Å². The lowest BCUT2D eigenvalue weighted by Crippen LogP contribution is -2.03. The molecule has 0 aliphatic heterocycles. The summed E-state index contributed by atoms with van der Waals surface area (Å²) in [5, 5.41) is 0. The molecule has 0 aliphatic carbocycles. The highest BCUT2D eigenvalue weighted by atomic mass is 16.5. The van der Waals surface area contributed by atoms with Crippen LogP contribution in [0.4, 0.5) is 0 Å². The van der Waals surface area contributed by atoms with Gasteiger partial charge in [-0.25, -0.2) is 0 Å². The topological polar surface area (TPSA) is 54.0 Å². The molecule has 0 aliphatic rings. The first-order valence-electron chi connectivity index (χ1n) is 11.2. The van der Waals surface area contributed by atoms with E-state index in [-0.39, 0.29) is 5.78 Å². The molecule has 0 radical (unpaired) electrons. The summed E-state index contributed by atoms with van der Waals surface area (Å²) in [6.45, 7) is 7.71.